The second-order valence-corrected chi connectivity index (χ2v) is 14.0. The Morgan fingerprint density at radius 3 is 2.56 bits per heavy atom. The average molecular weight is 560 g/mol. The first-order valence-corrected chi connectivity index (χ1v) is 15.0. The molecule has 4 saturated heterocycles. The molecule has 2 aliphatic carbocycles. The van der Waals surface area contributed by atoms with Crippen molar-refractivity contribution in [2.45, 2.75) is 82.3 Å². The van der Waals surface area contributed by atoms with Crippen molar-refractivity contribution in [2.75, 3.05) is 53.1 Å². The smallest absolute Gasteiger partial charge is 0.380 e. The molecule has 0 aromatic carbocycles. The summed E-state index contributed by atoms with van der Waals surface area (Å²) in [6.45, 7) is 5.30. The first-order chi connectivity index (χ1) is 18.4. The van der Waals surface area contributed by atoms with E-state index in [2.05, 4.69) is 22.8 Å². The first-order valence-electron chi connectivity index (χ1n) is 15.0. The lowest BCUT2D eigenvalue weighted by Gasteiger charge is -2.52. The van der Waals surface area contributed by atoms with E-state index in [4.69, 9.17) is 4.74 Å². The number of carbonyl (C=O) groups is 1. The van der Waals surface area contributed by atoms with Crippen LogP contribution in [0.5, 0.6) is 0 Å². The third-order valence-electron chi connectivity index (χ3n) is 11.1. The molecule has 4 heterocycles. The minimum atomic E-state index is -4.33. The molecular weight excluding hydrogens is 514 g/mol. The molecule has 2 saturated carbocycles. The molecule has 11 heteroatoms. The van der Waals surface area contributed by atoms with Crippen molar-refractivity contribution in [1.82, 2.24) is 25.6 Å². The molecule has 6 fully saturated rings. The minimum absolute atomic E-state index is 0.00452. The Hall–Kier alpha value is -1.01. The topological polar surface area (TPSA) is 60.1 Å². The van der Waals surface area contributed by atoms with Crippen molar-refractivity contribution in [3.05, 3.63) is 0 Å². The van der Waals surface area contributed by atoms with Crippen LogP contribution in [0, 0.1) is 35.0 Å². The van der Waals surface area contributed by atoms with E-state index in [1.807, 2.05) is 9.80 Å². The molecule has 7 nitrogen and oxygen atoms in total. The Balaban J connectivity index is 1.14. The van der Waals surface area contributed by atoms with Gasteiger partial charge in [0, 0.05) is 43.6 Å². The number of halogens is 4. The molecule has 2 N–H and O–H groups in total. The van der Waals surface area contributed by atoms with Crippen LogP contribution in [-0.4, -0.2) is 97.8 Å². The van der Waals surface area contributed by atoms with Gasteiger partial charge in [0.2, 0.25) is 5.91 Å². The van der Waals surface area contributed by atoms with Gasteiger partial charge in [-0.3, -0.25) is 14.6 Å². The zero-order valence-corrected chi connectivity index (χ0v) is 23.3. The first kappa shape index (κ1) is 28.1. The van der Waals surface area contributed by atoms with Gasteiger partial charge in [0.1, 0.15) is 5.67 Å². The molecule has 222 valence electrons. The lowest BCUT2D eigenvalue weighted by Crippen LogP contribution is -2.56. The van der Waals surface area contributed by atoms with E-state index in [9.17, 15) is 22.4 Å². The third-order valence-corrected chi connectivity index (χ3v) is 11.1. The maximum Gasteiger partial charge on any atom is 0.392 e. The van der Waals surface area contributed by atoms with Crippen molar-refractivity contribution in [2.24, 2.45) is 35.0 Å². The predicted molar refractivity (Wildman–Crippen MR) is 138 cm³/mol. The summed E-state index contributed by atoms with van der Waals surface area (Å²) in [6, 6.07) is 0.00452. The molecule has 8 unspecified atom stereocenters. The SMILES string of the molecule is CN1CNNC1CC1(C2CCCC(N3CC4C(CC(CN5CCC(C)(F)C5)CC4C(F)(F)F)C3=O)C2)COC1. The number of hydrogen-bond donors (Lipinski definition) is 2. The summed E-state index contributed by atoms with van der Waals surface area (Å²) in [6.07, 6.45) is 1.60. The Bertz CT molecular complexity index is 915. The number of nitrogens with zero attached hydrogens (tertiary/aromatic N) is 3. The van der Waals surface area contributed by atoms with E-state index in [0.29, 0.717) is 45.1 Å². The van der Waals surface area contributed by atoms with Gasteiger partial charge in [-0.25, -0.2) is 15.2 Å². The number of rotatable bonds is 6. The Morgan fingerprint density at radius 2 is 1.95 bits per heavy atom. The van der Waals surface area contributed by atoms with Crippen LogP contribution in [-0.2, 0) is 9.53 Å². The Kier molecular flexibility index (Phi) is 7.47. The van der Waals surface area contributed by atoms with Gasteiger partial charge >= 0.3 is 6.18 Å². The molecule has 0 spiro atoms. The number of hydrazine groups is 1. The molecule has 6 aliphatic rings. The number of hydrogen-bond acceptors (Lipinski definition) is 6. The summed E-state index contributed by atoms with van der Waals surface area (Å²) in [5.41, 5.74) is 5.32. The van der Waals surface area contributed by atoms with Crippen LogP contribution in [0.1, 0.15) is 58.3 Å². The highest BCUT2D eigenvalue weighted by molar-refractivity contribution is 5.82. The highest BCUT2D eigenvalue weighted by Crippen LogP contribution is 2.53. The second kappa shape index (κ2) is 10.4. The van der Waals surface area contributed by atoms with Gasteiger partial charge in [0.15, 0.2) is 0 Å². The zero-order chi connectivity index (χ0) is 27.6. The van der Waals surface area contributed by atoms with Crippen molar-refractivity contribution in [3.63, 3.8) is 0 Å². The fourth-order valence-corrected chi connectivity index (χ4v) is 8.89. The Labute approximate surface area is 229 Å². The lowest BCUT2D eigenvalue weighted by atomic mass is 9.64. The average Bonchev–Trinajstić information content (AvgIpc) is 3.52. The number of fused-ring (bicyclic) bond motifs is 1. The van der Waals surface area contributed by atoms with Crippen LogP contribution in [0.25, 0.3) is 0 Å². The zero-order valence-electron chi connectivity index (χ0n) is 23.3. The van der Waals surface area contributed by atoms with Crippen molar-refractivity contribution >= 4 is 5.91 Å². The molecule has 0 aromatic heterocycles. The number of amides is 1. The van der Waals surface area contributed by atoms with Crippen molar-refractivity contribution in [1.29, 1.82) is 0 Å². The fraction of sp³-hybridized carbons (Fsp3) is 0.964. The molecular formula is C28H45F4N5O2. The minimum Gasteiger partial charge on any atom is -0.380 e. The summed E-state index contributed by atoms with van der Waals surface area (Å²) in [4.78, 5) is 19.9. The predicted octanol–water partition coefficient (Wildman–Crippen LogP) is 3.37. The number of nitrogens with one attached hydrogen (secondary N) is 2. The fourth-order valence-electron chi connectivity index (χ4n) is 8.89. The maximum atomic E-state index is 14.4. The lowest BCUT2D eigenvalue weighted by molar-refractivity contribution is -0.204. The van der Waals surface area contributed by atoms with Crippen LogP contribution in [0.2, 0.25) is 0 Å². The molecule has 1 amide bonds. The normalized spacial score (nSPS) is 43.6. The highest BCUT2D eigenvalue weighted by Gasteiger charge is 2.58. The van der Waals surface area contributed by atoms with E-state index in [0.717, 1.165) is 38.8 Å². The second-order valence-electron chi connectivity index (χ2n) is 14.0. The molecule has 0 aromatic rings. The summed E-state index contributed by atoms with van der Waals surface area (Å²) >= 11 is 0. The molecule has 4 aliphatic heterocycles. The molecule has 0 bridgehead atoms. The van der Waals surface area contributed by atoms with Gasteiger partial charge < -0.3 is 9.64 Å². The standard InChI is InChI=1S/C28H45F4N5O2/c1-26(29)6-7-36(14-26)12-18-8-21-22(23(9-18)28(30,31)32)13-37(25(21)38)20-5-3-4-19(10-20)27(15-39-16-27)11-24-34-33-17-35(24)2/h18-24,33-34H,3-17H2,1-2H3. The summed E-state index contributed by atoms with van der Waals surface area (Å²) in [5, 5.41) is 0. The van der Waals surface area contributed by atoms with Gasteiger partial charge in [0.25, 0.3) is 0 Å². The van der Waals surface area contributed by atoms with E-state index in [1.54, 1.807) is 6.92 Å². The van der Waals surface area contributed by atoms with Crippen LogP contribution in [0.4, 0.5) is 17.6 Å². The molecule has 8 atom stereocenters. The maximum absolute atomic E-state index is 14.4. The van der Waals surface area contributed by atoms with Crippen molar-refractivity contribution in [3.8, 4) is 0 Å². The number of ether oxygens (including phenoxy) is 1. The number of carbonyl (C=O) groups excluding carboxylic acids is 1. The largest absolute Gasteiger partial charge is 0.392 e. The van der Waals surface area contributed by atoms with E-state index in [-0.39, 0.29) is 49.0 Å². The summed E-state index contributed by atoms with van der Waals surface area (Å²) in [7, 11) is 2.09. The van der Waals surface area contributed by atoms with Gasteiger partial charge in [-0.15, -0.1) is 0 Å². The van der Waals surface area contributed by atoms with Crippen LogP contribution < -0.4 is 10.9 Å². The quantitative estimate of drug-likeness (QED) is 0.487. The summed E-state index contributed by atoms with van der Waals surface area (Å²) < 4.78 is 63.2. The number of alkyl halides is 4. The van der Waals surface area contributed by atoms with Crippen LogP contribution in [0.15, 0.2) is 0 Å². The molecule has 39 heavy (non-hydrogen) atoms. The van der Waals surface area contributed by atoms with Gasteiger partial charge in [-0.2, -0.15) is 13.2 Å². The van der Waals surface area contributed by atoms with Crippen LogP contribution >= 0.6 is 0 Å². The third kappa shape index (κ3) is 5.47. The highest BCUT2D eigenvalue weighted by atomic mass is 19.4. The molecule has 0 radical (unpaired) electrons. The summed E-state index contributed by atoms with van der Waals surface area (Å²) in [5.74, 6) is -2.60. The van der Waals surface area contributed by atoms with E-state index < -0.39 is 29.6 Å². The van der Waals surface area contributed by atoms with Gasteiger partial charge in [0.05, 0.1) is 32.0 Å². The van der Waals surface area contributed by atoms with E-state index in [1.165, 1.54) is 0 Å². The van der Waals surface area contributed by atoms with Crippen molar-refractivity contribution < 1.29 is 27.1 Å². The number of likely N-dealkylation sites (tertiary alicyclic amines) is 2. The molecule has 6 rings (SSSR count). The van der Waals surface area contributed by atoms with E-state index >= 15 is 0 Å². The monoisotopic (exact) mass is 559 g/mol. The van der Waals surface area contributed by atoms with Gasteiger partial charge in [-0.1, -0.05) is 6.42 Å². The van der Waals surface area contributed by atoms with Crippen LogP contribution in [0.3, 0.4) is 0 Å². The Morgan fingerprint density at radius 1 is 1.15 bits per heavy atom. The van der Waals surface area contributed by atoms with Gasteiger partial charge in [-0.05, 0) is 76.7 Å².